The number of thiol groups is 1. The molecule has 0 aliphatic rings. The maximum atomic E-state index is 4.38. The van der Waals surface area contributed by atoms with Crippen molar-refractivity contribution in [1.82, 2.24) is 0 Å². The average molecular weight is 371 g/mol. The smallest absolute Gasteiger partial charge is 0.0497 e. The minimum absolute atomic E-state index is 1.06. The van der Waals surface area contributed by atoms with Gasteiger partial charge in [-0.15, -0.1) is 24.0 Å². The quantitative estimate of drug-likeness (QED) is 0.510. The van der Waals surface area contributed by atoms with Crippen LogP contribution in [0, 0.1) is 3.57 Å². The summed E-state index contributed by atoms with van der Waals surface area (Å²) in [6, 6.07) is 4.27. The number of fused-ring (bicyclic) bond motifs is 1. The lowest BCUT2D eigenvalue weighted by atomic mass is 10.3. The second kappa shape index (κ2) is 3.48. The van der Waals surface area contributed by atoms with Gasteiger partial charge >= 0.3 is 0 Å². The van der Waals surface area contributed by atoms with Crippen LogP contribution in [0.15, 0.2) is 26.9 Å². The van der Waals surface area contributed by atoms with Crippen molar-refractivity contribution in [3.8, 4) is 0 Å². The van der Waals surface area contributed by atoms with Gasteiger partial charge in [-0.25, -0.2) is 0 Å². The van der Waals surface area contributed by atoms with Crippen LogP contribution in [0.2, 0.25) is 0 Å². The summed E-state index contributed by atoms with van der Waals surface area (Å²) in [5.74, 6) is 0. The second-order valence-electron chi connectivity index (χ2n) is 2.39. The molecule has 0 radical (unpaired) electrons. The highest BCUT2D eigenvalue weighted by Crippen LogP contribution is 2.35. The number of hydrogen-bond donors (Lipinski definition) is 1. The standard InChI is InChI=1S/C8H4BrIS2/c9-6-2-4(10)1-5-7(11)3-12-8(5)6/h1-3,11H. The van der Waals surface area contributed by atoms with Crippen LogP contribution in [0.1, 0.15) is 0 Å². The lowest BCUT2D eigenvalue weighted by Crippen LogP contribution is -1.72. The number of halogens is 2. The number of rotatable bonds is 0. The van der Waals surface area contributed by atoms with Crippen molar-refractivity contribution in [2.24, 2.45) is 0 Å². The van der Waals surface area contributed by atoms with E-state index in [-0.39, 0.29) is 0 Å². The van der Waals surface area contributed by atoms with Crippen molar-refractivity contribution in [2.75, 3.05) is 0 Å². The summed E-state index contributed by atoms with van der Waals surface area (Å²) in [5.41, 5.74) is 0. The molecule has 0 nitrogen and oxygen atoms in total. The second-order valence-corrected chi connectivity index (χ2v) is 5.85. The van der Waals surface area contributed by atoms with Crippen molar-refractivity contribution in [3.05, 3.63) is 25.6 Å². The van der Waals surface area contributed by atoms with Crippen molar-refractivity contribution >= 4 is 72.6 Å². The minimum Gasteiger partial charge on any atom is -0.142 e. The van der Waals surface area contributed by atoms with Gasteiger partial charge in [0.15, 0.2) is 0 Å². The highest BCUT2D eigenvalue weighted by atomic mass is 127. The van der Waals surface area contributed by atoms with Crippen molar-refractivity contribution in [1.29, 1.82) is 0 Å². The summed E-state index contributed by atoms with van der Waals surface area (Å²) in [4.78, 5) is 1.06. The Labute approximate surface area is 102 Å². The number of benzene rings is 1. The van der Waals surface area contributed by atoms with Crippen molar-refractivity contribution < 1.29 is 0 Å². The molecule has 0 aliphatic carbocycles. The maximum Gasteiger partial charge on any atom is 0.0497 e. The summed E-state index contributed by atoms with van der Waals surface area (Å²) < 4.78 is 3.68. The molecule has 62 valence electrons. The van der Waals surface area contributed by atoms with Gasteiger partial charge in [-0.05, 0) is 50.7 Å². The molecule has 1 heterocycles. The van der Waals surface area contributed by atoms with Crippen LogP contribution in [0.4, 0.5) is 0 Å². The Hall–Kier alpha value is 0.740. The van der Waals surface area contributed by atoms with E-state index >= 15 is 0 Å². The van der Waals surface area contributed by atoms with Gasteiger partial charge in [0.25, 0.3) is 0 Å². The van der Waals surface area contributed by atoms with Gasteiger partial charge in [0.05, 0.1) is 0 Å². The first-order valence-corrected chi connectivity index (χ1v) is 6.43. The van der Waals surface area contributed by atoms with E-state index in [1.807, 2.05) is 0 Å². The van der Waals surface area contributed by atoms with Crippen LogP contribution >= 0.6 is 62.5 Å². The molecule has 0 atom stereocenters. The SMILES string of the molecule is Sc1csc2c(Br)cc(I)cc12. The predicted molar refractivity (Wildman–Crippen MR) is 69.5 cm³/mol. The summed E-state index contributed by atoms with van der Waals surface area (Å²) in [5, 5.41) is 3.30. The summed E-state index contributed by atoms with van der Waals surface area (Å²) in [6.07, 6.45) is 0. The summed E-state index contributed by atoms with van der Waals surface area (Å²) >= 11 is 11.9. The molecule has 0 fully saturated rings. The first-order valence-electron chi connectivity index (χ1n) is 3.23. The van der Waals surface area contributed by atoms with Crippen LogP contribution in [-0.4, -0.2) is 0 Å². The van der Waals surface area contributed by atoms with E-state index in [0.717, 1.165) is 9.37 Å². The van der Waals surface area contributed by atoms with Gasteiger partial charge in [0.1, 0.15) is 0 Å². The molecular formula is C8H4BrIS2. The zero-order chi connectivity index (χ0) is 8.72. The van der Waals surface area contributed by atoms with E-state index in [0.29, 0.717) is 0 Å². The highest BCUT2D eigenvalue weighted by molar-refractivity contribution is 14.1. The molecule has 0 aliphatic heterocycles. The zero-order valence-electron chi connectivity index (χ0n) is 5.84. The predicted octanol–water partition coefficient (Wildman–Crippen LogP) is 4.56. The largest absolute Gasteiger partial charge is 0.142 e. The van der Waals surface area contributed by atoms with E-state index < -0.39 is 0 Å². The third kappa shape index (κ3) is 1.54. The van der Waals surface area contributed by atoms with Crippen LogP contribution in [0.3, 0.4) is 0 Å². The molecule has 1 aromatic heterocycles. The molecule has 0 saturated heterocycles. The van der Waals surface area contributed by atoms with E-state index in [9.17, 15) is 0 Å². The molecule has 2 aromatic rings. The van der Waals surface area contributed by atoms with Gasteiger partial charge in [-0.2, -0.15) is 0 Å². The van der Waals surface area contributed by atoms with Crippen LogP contribution < -0.4 is 0 Å². The van der Waals surface area contributed by atoms with Crippen LogP contribution in [0.5, 0.6) is 0 Å². The molecule has 0 spiro atoms. The fourth-order valence-electron chi connectivity index (χ4n) is 1.05. The van der Waals surface area contributed by atoms with Crippen LogP contribution in [0.25, 0.3) is 10.1 Å². The Bertz CT molecular complexity index is 436. The molecular weight excluding hydrogens is 367 g/mol. The molecule has 0 amide bonds. The fourth-order valence-corrected chi connectivity index (χ4v) is 4.07. The average Bonchev–Trinajstić information content (AvgIpc) is 2.33. The summed E-state index contributed by atoms with van der Waals surface area (Å²) in [7, 11) is 0. The van der Waals surface area contributed by atoms with Gasteiger partial charge in [-0.3, -0.25) is 0 Å². The third-order valence-corrected chi connectivity index (χ3v) is 4.66. The van der Waals surface area contributed by atoms with E-state index in [1.54, 1.807) is 11.3 Å². The molecule has 0 unspecified atom stereocenters. The van der Waals surface area contributed by atoms with E-state index in [4.69, 9.17) is 0 Å². The molecule has 1 aromatic carbocycles. The van der Waals surface area contributed by atoms with Crippen molar-refractivity contribution in [3.63, 3.8) is 0 Å². The van der Waals surface area contributed by atoms with Gasteiger partial charge in [0.2, 0.25) is 0 Å². The molecule has 0 bridgehead atoms. The van der Waals surface area contributed by atoms with Gasteiger partial charge in [0, 0.05) is 28.4 Å². The Balaban J connectivity index is 2.92. The first kappa shape index (κ1) is 9.30. The number of hydrogen-bond acceptors (Lipinski definition) is 2. The van der Waals surface area contributed by atoms with Gasteiger partial charge < -0.3 is 0 Å². The maximum absolute atomic E-state index is 4.38. The molecule has 12 heavy (non-hydrogen) atoms. The Kier molecular flexibility index (Phi) is 2.69. The number of thiophene rings is 1. The van der Waals surface area contributed by atoms with E-state index in [2.05, 4.69) is 68.7 Å². The molecule has 0 N–H and O–H groups in total. The lowest BCUT2D eigenvalue weighted by Gasteiger charge is -1.96. The Morgan fingerprint density at radius 3 is 2.92 bits per heavy atom. The first-order chi connectivity index (χ1) is 5.68. The Morgan fingerprint density at radius 1 is 1.42 bits per heavy atom. The molecule has 0 saturated carbocycles. The molecule has 2 rings (SSSR count). The molecule has 4 heteroatoms. The topological polar surface area (TPSA) is 0 Å². The van der Waals surface area contributed by atoms with E-state index in [1.165, 1.54) is 13.7 Å². The highest BCUT2D eigenvalue weighted by Gasteiger charge is 2.05. The van der Waals surface area contributed by atoms with Crippen molar-refractivity contribution in [2.45, 2.75) is 4.90 Å². The van der Waals surface area contributed by atoms with Gasteiger partial charge in [-0.1, -0.05) is 0 Å². The third-order valence-electron chi connectivity index (χ3n) is 1.57. The lowest BCUT2D eigenvalue weighted by molar-refractivity contribution is 1.63. The van der Waals surface area contributed by atoms with Crippen LogP contribution in [-0.2, 0) is 0 Å². The minimum atomic E-state index is 1.06. The monoisotopic (exact) mass is 370 g/mol. The zero-order valence-corrected chi connectivity index (χ0v) is 11.3. The Morgan fingerprint density at radius 2 is 2.17 bits per heavy atom. The summed E-state index contributed by atoms with van der Waals surface area (Å²) in [6.45, 7) is 0. The normalized spacial score (nSPS) is 10.9. The fraction of sp³-hybridized carbons (Fsp3) is 0.